The Hall–Kier alpha value is -0.810. The molecule has 1 aliphatic heterocycles. The van der Waals surface area contributed by atoms with Crippen LogP contribution in [0.5, 0.6) is 0 Å². The number of rotatable bonds is 5. The summed E-state index contributed by atoms with van der Waals surface area (Å²) < 4.78 is 0. The third-order valence-electron chi connectivity index (χ3n) is 4.02. The van der Waals surface area contributed by atoms with E-state index in [1.807, 2.05) is 13.8 Å². The predicted molar refractivity (Wildman–Crippen MR) is 86.3 cm³/mol. The highest BCUT2D eigenvalue weighted by Gasteiger charge is 2.38. The van der Waals surface area contributed by atoms with Gasteiger partial charge in [-0.15, -0.1) is 0 Å². The monoisotopic (exact) mass is 299 g/mol. The molecular formula is C16H33N3O2. The highest BCUT2D eigenvalue weighted by molar-refractivity contribution is 5.74. The van der Waals surface area contributed by atoms with Gasteiger partial charge in [0.1, 0.15) is 0 Å². The molecule has 0 aliphatic carbocycles. The Morgan fingerprint density at radius 1 is 1.24 bits per heavy atom. The van der Waals surface area contributed by atoms with Crippen LogP contribution in [0, 0.1) is 5.92 Å². The van der Waals surface area contributed by atoms with Gasteiger partial charge in [0.2, 0.25) is 0 Å². The van der Waals surface area contributed by atoms with Crippen LogP contribution in [-0.4, -0.2) is 40.9 Å². The average Bonchev–Trinajstić information content (AvgIpc) is 2.23. The van der Waals surface area contributed by atoms with Crippen LogP contribution < -0.4 is 16.0 Å². The van der Waals surface area contributed by atoms with Crippen molar-refractivity contribution >= 4 is 6.03 Å². The lowest BCUT2D eigenvalue weighted by atomic mass is 9.80. The van der Waals surface area contributed by atoms with Crippen LogP contribution in [-0.2, 0) is 0 Å². The fourth-order valence-electron chi connectivity index (χ4n) is 3.33. The van der Waals surface area contributed by atoms with E-state index in [9.17, 15) is 9.90 Å². The molecule has 1 atom stereocenters. The number of amides is 2. The van der Waals surface area contributed by atoms with E-state index in [0.717, 1.165) is 12.8 Å². The van der Waals surface area contributed by atoms with Crippen molar-refractivity contribution in [1.82, 2.24) is 16.0 Å². The van der Waals surface area contributed by atoms with E-state index in [0.29, 0.717) is 13.0 Å². The maximum atomic E-state index is 12.0. The van der Waals surface area contributed by atoms with Gasteiger partial charge < -0.3 is 21.1 Å². The van der Waals surface area contributed by atoms with Gasteiger partial charge in [-0.05, 0) is 52.9 Å². The van der Waals surface area contributed by atoms with Gasteiger partial charge in [-0.3, -0.25) is 0 Å². The molecule has 124 valence electrons. The van der Waals surface area contributed by atoms with Crippen LogP contribution in [0.15, 0.2) is 0 Å². The summed E-state index contributed by atoms with van der Waals surface area (Å²) in [6.07, 6.45) is 2.06. The fourth-order valence-corrected chi connectivity index (χ4v) is 3.33. The average molecular weight is 299 g/mol. The van der Waals surface area contributed by atoms with E-state index in [4.69, 9.17) is 0 Å². The normalized spacial score (nSPS) is 22.9. The zero-order valence-electron chi connectivity index (χ0n) is 14.4. The highest BCUT2D eigenvalue weighted by Crippen LogP contribution is 2.28. The van der Waals surface area contributed by atoms with Gasteiger partial charge in [0, 0.05) is 23.7 Å². The van der Waals surface area contributed by atoms with Crippen molar-refractivity contribution in [3.63, 3.8) is 0 Å². The molecule has 5 nitrogen and oxygen atoms in total. The first kappa shape index (κ1) is 18.2. The largest absolute Gasteiger partial charge is 0.393 e. The van der Waals surface area contributed by atoms with Crippen LogP contribution in [0.3, 0.4) is 0 Å². The Morgan fingerprint density at radius 3 is 2.24 bits per heavy atom. The Labute approximate surface area is 129 Å². The maximum Gasteiger partial charge on any atom is 0.315 e. The molecule has 5 heteroatoms. The third kappa shape index (κ3) is 6.66. The van der Waals surface area contributed by atoms with Crippen LogP contribution >= 0.6 is 0 Å². The molecule has 1 aliphatic rings. The van der Waals surface area contributed by atoms with Crippen molar-refractivity contribution in [2.75, 3.05) is 6.54 Å². The standard InChI is InChI=1S/C16H33N3O2/c1-11(2)13(20)7-8-17-14(21)18-12-9-15(3,4)19-16(5,6)10-12/h11-13,19-20H,7-10H2,1-6H3,(H2,17,18,21). The van der Waals surface area contributed by atoms with Crippen molar-refractivity contribution in [3.8, 4) is 0 Å². The number of hydrogen-bond acceptors (Lipinski definition) is 3. The SMILES string of the molecule is CC(C)C(O)CCNC(=O)NC1CC(C)(C)NC(C)(C)C1. The van der Waals surface area contributed by atoms with Gasteiger partial charge in [-0.1, -0.05) is 13.8 Å². The summed E-state index contributed by atoms with van der Waals surface area (Å²) in [7, 11) is 0. The summed E-state index contributed by atoms with van der Waals surface area (Å²) >= 11 is 0. The molecule has 0 aromatic carbocycles. The molecule has 1 saturated heterocycles. The Bertz CT molecular complexity index is 337. The molecule has 0 aromatic heterocycles. The second-order valence-corrected chi connectivity index (χ2v) is 8.00. The van der Waals surface area contributed by atoms with Gasteiger partial charge in [-0.2, -0.15) is 0 Å². The summed E-state index contributed by atoms with van der Waals surface area (Å²) in [5.41, 5.74) is 0.0427. The summed E-state index contributed by atoms with van der Waals surface area (Å²) in [5, 5.41) is 19.2. The van der Waals surface area contributed by atoms with Crippen molar-refractivity contribution in [3.05, 3.63) is 0 Å². The van der Waals surface area contributed by atoms with Crippen molar-refractivity contribution in [2.45, 2.75) is 84.0 Å². The second kappa shape index (κ2) is 6.97. The zero-order valence-corrected chi connectivity index (χ0v) is 14.4. The lowest BCUT2D eigenvalue weighted by Crippen LogP contribution is -2.62. The summed E-state index contributed by atoms with van der Waals surface area (Å²) in [6, 6.07) is 0.0377. The topological polar surface area (TPSA) is 73.4 Å². The Morgan fingerprint density at radius 2 is 1.76 bits per heavy atom. The second-order valence-electron chi connectivity index (χ2n) is 8.00. The molecule has 0 aromatic rings. The molecule has 1 fully saturated rings. The number of aliphatic hydroxyl groups excluding tert-OH is 1. The number of hydrogen-bond donors (Lipinski definition) is 4. The predicted octanol–water partition coefficient (Wildman–Crippen LogP) is 2.00. The molecule has 1 rings (SSSR count). The van der Waals surface area contributed by atoms with Gasteiger partial charge in [0.25, 0.3) is 0 Å². The number of piperidine rings is 1. The number of nitrogens with one attached hydrogen (secondary N) is 3. The molecule has 1 heterocycles. The first-order valence-corrected chi connectivity index (χ1v) is 8.02. The van der Waals surface area contributed by atoms with Crippen LogP contribution in [0.2, 0.25) is 0 Å². The molecule has 0 bridgehead atoms. The van der Waals surface area contributed by atoms with E-state index in [2.05, 4.69) is 43.6 Å². The first-order chi connectivity index (χ1) is 9.51. The van der Waals surface area contributed by atoms with Crippen molar-refractivity contribution < 1.29 is 9.90 Å². The molecule has 0 spiro atoms. The molecule has 0 radical (unpaired) electrons. The van der Waals surface area contributed by atoms with E-state index in [-0.39, 0.29) is 35.2 Å². The smallest absolute Gasteiger partial charge is 0.315 e. The first-order valence-electron chi connectivity index (χ1n) is 8.02. The molecule has 2 amide bonds. The minimum atomic E-state index is -0.359. The summed E-state index contributed by atoms with van der Waals surface area (Å²) in [4.78, 5) is 12.0. The van der Waals surface area contributed by atoms with Crippen LogP contribution in [0.1, 0.15) is 60.8 Å². The highest BCUT2D eigenvalue weighted by atomic mass is 16.3. The molecule has 1 unspecified atom stereocenters. The van der Waals surface area contributed by atoms with E-state index in [1.165, 1.54) is 0 Å². The van der Waals surface area contributed by atoms with Crippen LogP contribution in [0.4, 0.5) is 4.79 Å². The molecule has 0 saturated carbocycles. The summed E-state index contributed by atoms with van der Waals surface area (Å²) in [6.45, 7) is 13.1. The Kier molecular flexibility index (Phi) is 6.05. The van der Waals surface area contributed by atoms with Gasteiger partial charge in [0.15, 0.2) is 0 Å². The van der Waals surface area contributed by atoms with E-state index in [1.54, 1.807) is 0 Å². The minimum absolute atomic E-state index is 0.0214. The zero-order chi connectivity index (χ0) is 16.3. The fraction of sp³-hybridized carbons (Fsp3) is 0.938. The molecule has 21 heavy (non-hydrogen) atoms. The van der Waals surface area contributed by atoms with E-state index < -0.39 is 0 Å². The number of urea groups is 1. The molecule has 4 N–H and O–H groups in total. The van der Waals surface area contributed by atoms with Gasteiger partial charge in [-0.25, -0.2) is 4.79 Å². The van der Waals surface area contributed by atoms with Crippen LogP contribution in [0.25, 0.3) is 0 Å². The van der Waals surface area contributed by atoms with E-state index >= 15 is 0 Å². The van der Waals surface area contributed by atoms with Gasteiger partial charge in [0.05, 0.1) is 6.10 Å². The Balaban J connectivity index is 2.37. The third-order valence-corrected chi connectivity index (χ3v) is 4.02. The number of carbonyl (C=O) groups excluding carboxylic acids is 1. The maximum absolute atomic E-state index is 12.0. The van der Waals surface area contributed by atoms with Gasteiger partial charge >= 0.3 is 6.03 Å². The van der Waals surface area contributed by atoms with Crippen molar-refractivity contribution in [1.29, 1.82) is 0 Å². The lowest BCUT2D eigenvalue weighted by molar-refractivity contribution is 0.116. The number of aliphatic hydroxyl groups is 1. The number of carbonyl (C=O) groups is 1. The molecular weight excluding hydrogens is 266 g/mol. The quantitative estimate of drug-likeness (QED) is 0.627. The summed E-state index contributed by atoms with van der Waals surface area (Å²) in [5.74, 6) is 0.223. The lowest BCUT2D eigenvalue weighted by Gasteiger charge is -2.46. The van der Waals surface area contributed by atoms with Crippen molar-refractivity contribution in [2.24, 2.45) is 5.92 Å². The minimum Gasteiger partial charge on any atom is -0.393 e.